The molecule has 0 aliphatic rings. The number of nitrogens with one attached hydrogen (secondary N) is 1. The molecule has 9 nitrogen and oxygen atoms in total. The molecular formula is C33H42N4O5. The van der Waals surface area contributed by atoms with E-state index in [0.717, 1.165) is 19.3 Å². The van der Waals surface area contributed by atoms with Crippen LogP contribution in [0.5, 0.6) is 11.5 Å². The van der Waals surface area contributed by atoms with Crippen LogP contribution in [0.25, 0.3) is 32.8 Å². The first-order chi connectivity index (χ1) is 20.3. The number of likely N-dealkylation sites (N-methyl/N-ethyl adjacent to an activating group) is 1. The Morgan fingerprint density at radius 2 is 1.55 bits per heavy atom. The molecule has 4 aromatic rings. The number of fused-ring (bicyclic) bond motifs is 4. The van der Waals surface area contributed by atoms with Gasteiger partial charge in [0.15, 0.2) is 0 Å². The van der Waals surface area contributed by atoms with Crippen molar-refractivity contribution in [3.8, 4) is 11.5 Å². The van der Waals surface area contributed by atoms with Gasteiger partial charge in [0.2, 0.25) is 0 Å². The van der Waals surface area contributed by atoms with E-state index < -0.39 is 11.9 Å². The Labute approximate surface area is 247 Å². The average Bonchev–Trinajstić information content (AvgIpc) is 2.98. The van der Waals surface area contributed by atoms with Crippen LogP contribution in [0, 0.1) is 0 Å². The number of aromatic hydroxyl groups is 1. The van der Waals surface area contributed by atoms with Crippen LogP contribution >= 0.6 is 0 Å². The minimum absolute atomic E-state index is 0.0477. The number of phenols is 1. The monoisotopic (exact) mass is 574 g/mol. The minimum atomic E-state index is -0.499. The summed E-state index contributed by atoms with van der Waals surface area (Å²) in [7, 11) is 5.33. The normalized spacial score (nSPS) is 11.5. The van der Waals surface area contributed by atoms with E-state index in [1.54, 1.807) is 24.3 Å². The molecule has 1 amide bonds. The standard InChI is InChI=1S/C33H42N4O5/c1-5-6-7-8-9-10-11-14-19-42-33(40)24-20-25-26(21-27(24)41-4)35-29-22-15-12-13-16-23(22)31(38)28(30(29)36-25)32(39)34-17-18-37(2)3/h12-13,15-16,20-21,38H,5-11,14,17-19H2,1-4H3,(H,34,39). The van der Waals surface area contributed by atoms with Gasteiger partial charge in [-0.15, -0.1) is 0 Å². The number of carbonyl (C=O) groups is 2. The molecule has 0 saturated heterocycles. The van der Waals surface area contributed by atoms with E-state index in [-0.39, 0.29) is 22.4 Å². The zero-order chi connectivity index (χ0) is 30.1. The van der Waals surface area contributed by atoms with Crippen LogP contribution in [0.4, 0.5) is 0 Å². The van der Waals surface area contributed by atoms with Crippen LogP contribution in [0.2, 0.25) is 0 Å². The lowest BCUT2D eigenvalue weighted by Crippen LogP contribution is -2.31. The van der Waals surface area contributed by atoms with E-state index in [2.05, 4.69) is 12.2 Å². The second-order valence-electron chi connectivity index (χ2n) is 10.9. The third-order valence-electron chi connectivity index (χ3n) is 7.42. The predicted octanol–water partition coefficient (Wildman–Crippen LogP) is 6.24. The molecule has 0 fully saturated rings. The largest absolute Gasteiger partial charge is 0.506 e. The summed E-state index contributed by atoms with van der Waals surface area (Å²) in [6.45, 7) is 3.57. The van der Waals surface area contributed by atoms with Gasteiger partial charge in [-0.1, -0.05) is 76.1 Å². The van der Waals surface area contributed by atoms with Crippen molar-refractivity contribution in [2.45, 2.75) is 58.3 Å². The second-order valence-corrected chi connectivity index (χ2v) is 10.9. The fourth-order valence-corrected chi connectivity index (χ4v) is 5.09. The van der Waals surface area contributed by atoms with Crippen LogP contribution in [0.15, 0.2) is 36.4 Å². The van der Waals surface area contributed by atoms with E-state index in [1.165, 1.54) is 39.2 Å². The molecule has 224 valence electrons. The van der Waals surface area contributed by atoms with Gasteiger partial charge in [0.05, 0.1) is 30.3 Å². The molecule has 3 aromatic carbocycles. The number of amides is 1. The number of esters is 1. The smallest absolute Gasteiger partial charge is 0.341 e. The van der Waals surface area contributed by atoms with E-state index in [9.17, 15) is 14.7 Å². The van der Waals surface area contributed by atoms with E-state index in [0.29, 0.717) is 52.8 Å². The molecule has 1 heterocycles. The van der Waals surface area contributed by atoms with Gasteiger partial charge in [-0.25, -0.2) is 14.8 Å². The molecule has 9 heteroatoms. The minimum Gasteiger partial charge on any atom is -0.506 e. The number of carbonyl (C=O) groups excluding carboxylic acids is 2. The number of hydrogen-bond donors (Lipinski definition) is 2. The summed E-state index contributed by atoms with van der Waals surface area (Å²) < 4.78 is 11.1. The summed E-state index contributed by atoms with van der Waals surface area (Å²) in [4.78, 5) is 37.9. The number of rotatable bonds is 15. The van der Waals surface area contributed by atoms with Crippen LogP contribution < -0.4 is 10.1 Å². The maximum Gasteiger partial charge on any atom is 0.341 e. The molecular weight excluding hydrogens is 532 g/mol. The maximum atomic E-state index is 13.3. The summed E-state index contributed by atoms with van der Waals surface area (Å²) in [5.41, 5.74) is 1.89. The third kappa shape index (κ3) is 7.26. The molecule has 42 heavy (non-hydrogen) atoms. The maximum absolute atomic E-state index is 13.3. The second kappa shape index (κ2) is 14.8. The summed E-state index contributed by atoms with van der Waals surface area (Å²) in [5, 5.41) is 15.2. The average molecular weight is 575 g/mol. The summed E-state index contributed by atoms with van der Waals surface area (Å²) in [5.74, 6) is -0.770. The number of nitrogens with zero attached hydrogens (tertiary/aromatic N) is 3. The Morgan fingerprint density at radius 1 is 0.905 bits per heavy atom. The number of phenolic OH excluding ortho intramolecular Hbond substituents is 1. The summed E-state index contributed by atoms with van der Waals surface area (Å²) in [6.07, 6.45) is 9.22. The highest BCUT2D eigenvalue weighted by Gasteiger charge is 2.23. The predicted molar refractivity (Wildman–Crippen MR) is 167 cm³/mol. The number of methoxy groups -OCH3 is 1. The summed E-state index contributed by atoms with van der Waals surface area (Å²) in [6, 6.07) is 10.5. The Bertz CT molecular complexity index is 1550. The van der Waals surface area contributed by atoms with Gasteiger partial charge in [0.1, 0.15) is 28.1 Å². The van der Waals surface area contributed by atoms with Crippen molar-refractivity contribution >= 4 is 44.7 Å². The lowest BCUT2D eigenvalue weighted by atomic mass is 10.0. The van der Waals surface area contributed by atoms with Gasteiger partial charge in [-0.05, 0) is 26.6 Å². The highest BCUT2D eigenvalue weighted by molar-refractivity contribution is 6.19. The lowest BCUT2D eigenvalue weighted by Gasteiger charge is -2.15. The highest BCUT2D eigenvalue weighted by atomic mass is 16.5. The first kappa shape index (κ1) is 31.0. The van der Waals surface area contributed by atoms with E-state index in [1.807, 2.05) is 31.1 Å². The first-order valence-corrected chi connectivity index (χ1v) is 14.9. The SMILES string of the molecule is CCCCCCCCCCOC(=O)c1cc2nc3c(C(=O)NCCN(C)C)c(O)c4ccccc4c3nc2cc1OC. The quantitative estimate of drug-likeness (QED) is 0.0742. The molecule has 0 aliphatic heterocycles. The zero-order valence-corrected chi connectivity index (χ0v) is 25.2. The van der Waals surface area contributed by atoms with Crippen molar-refractivity contribution < 1.29 is 24.2 Å². The van der Waals surface area contributed by atoms with Gasteiger partial charge >= 0.3 is 5.97 Å². The molecule has 0 saturated carbocycles. The highest BCUT2D eigenvalue weighted by Crippen LogP contribution is 2.37. The first-order valence-electron chi connectivity index (χ1n) is 14.9. The zero-order valence-electron chi connectivity index (χ0n) is 25.2. The van der Waals surface area contributed by atoms with E-state index in [4.69, 9.17) is 19.4 Å². The fourth-order valence-electron chi connectivity index (χ4n) is 5.09. The van der Waals surface area contributed by atoms with Crippen LogP contribution in [0.1, 0.15) is 79.0 Å². The number of benzene rings is 3. The summed E-state index contributed by atoms with van der Waals surface area (Å²) >= 11 is 0. The Hall–Kier alpha value is -3.98. The van der Waals surface area contributed by atoms with Gasteiger partial charge < -0.3 is 24.8 Å². The number of aromatic nitrogens is 2. The Morgan fingerprint density at radius 3 is 2.24 bits per heavy atom. The molecule has 0 aliphatic carbocycles. The molecule has 0 bridgehead atoms. The molecule has 1 aromatic heterocycles. The molecule has 0 radical (unpaired) electrons. The number of ether oxygens (including phenoxy) is 2. The number of unbranched alkanes of at least 4 members (excludes halogenated alkanes) is 7. The van der Waals surface area contributed by atoms with Crippen molar-refractivity contribution in [1.29, 1.82) is 0 Å². The van der Waals surface area contributed by atoms with Crippen LogP contribution in [-0.4, -0.2) is 72.8 Å². The van der Waals surface area contributed by atoms with Crippen molar-refractivity contribution in [1.82, 2.24) is 20.2 Å². The van der Waals surface area contributed by atoms with Crippen molar-refractivity contribution in [2.75, 3.05) is 40.9 Å². The Balaban J connectivity index is 1.63. The van der Waals surface area contributed by atoms with Crippen molar-refractivity contribution in [3.05, 3.63) is 47.5 Å². The van der Waals surface area contributed by atoms with Gasteiger partial charge in [-0.2, -0.15) is 0 Å². The van der Waals surface area contributed by atoms with Crippen molar-refractivity contribution in [2.24, 2.45) is 0 Å². The van der Waals surface area contributed by atoms with Crippen LogP contribution in [0.3, 0.4) is 0 Å². The molecule has 0 unspecified atom stereocenters. The lowest BCUT2D eigenvalue weighted by molar-refractivity contribution is 0.0494. The third-order valence-corrected chi connectivity index (χ3v) is 7.42. The molecule has 4 rings (SSSR count). The number of hydrogen-bond acceptors (Lipinski definition) is 8. The Kier molecular flexibility index (Phi) is 10.9. The fraction of sp³-hybridized carbons (Fsp3) is 0.455. The van der Waals surface area contributed by atoms with Gasteiger partial charge in [-0.3, -0.25) is 4.79 Å². The van der Waals surface area contributed by atoms with E-state index >= 15 is 0 Å². The van der Waals surface area contributed by atoms with Gasteiger partial charge in [0, 0.05) is 29.9 Å². The van der Waals surface area contributed by atoms with Crippen LogP contribution in [-0.2, 0) is 4.74 Å². The van der Waals surface area contributed by atoms with Gasteiger partial charge in [0.25, 0.3) is 5.91 Å². The topological polar surface area (TPSA) is 114 Å². The van der Waals surface area contributed by atoms with Crippen molar-refractivity contribution in [3.63, 3.8) is 0 Å². The molecule has 0 spiro atoms. The molecule has 0 atom stereocenters. The molecule has 2 N–H and O–H groups in total.